The first-order valence-corrected chi connectivity index (χ1v) is 11.8. The Morgan fingerprint density at radius 1 is 1.06 bits per heavy atom. The van der Waals surface area contributed by atoms with Gasteiger partial charge in [-0.3, -0.25) is 0 Å². The van der Waals surface area contributed by atoms with E-state index in [1.165, 1.54) is 16.7 Å². The van der Waals surface area contributed by atoms with Crippen LogP contribution in [0.25, 0.3) is 0 Å². The molecule has 1 aliphatic rings. The van der Waals surface area contributed by atoms with E-state index in [1.54, 1.807) is 0 Å². The van der Waals surface area contributed by atoms with Gasteiger partial charge in [-0.15, -0.1) is 0 Å². The molecule has 1 atom stereocenters. The number of urea groups is 1. The fourth-order valence-corrected chi connectivity index (χ4v) is 3.90. The molecule has 0 spiro atoms. The number of piperazine rings is 1. The summed E-state index contributed by atoms with van der Waals surface area (Å²) in [6, 6.07) is 8.71. The SMILES string of the molecule is CCC(C)c1nc(C)c(Cc2ccc(C)cc2)c(N2CCN(C(=O)NC(C)(C)C)CC2)n1. The highest BCUT2D eigenvalue weighted by atomic mass is 16.2. The van der Waals surface area contributed by atoms with Gasteiger partial charge in [-0.25, -0.2) is 14.8 Å². The van der Waals surface area contributed by atoms with Crippen LogP contribution in [-0.2, 0) is 6.42 Å². The number of benzene rings is 1. The third-order valence-corrected chi connectivity index (χ3v) is 6.11. The molecule has 0 saturated carbocycles. The zero-order valence-corrected chi connectivity index (χ0v) is 20.8. The van der Waals surface area contributed by atoms with Crippen molar-refractivity contribution in [2.45, 2.75) is 72.8 Å². The topological polar surface area (TPSA) is 61.4 Å². The summed E-state index contributed by atoms with van der Waals surface area (Å²) in [5, 5.41) is 3.08. The number of aromatic nitrogens is 2. The molecular formula is C26H39N5O. The monoisotopic (exact) mass is 437 g/mol. The number of nitrogens with zero attached hydrogens (tertiary/aromatic N) is 4. The summed E-state index contributed by atoms with van der Waals surface area (Å²) in [7, 11) is 0. The van der Waals surface area contributed by atoms with Crippen LogP contribution in [0.4, 0.5) is 10.6 Å². The second kappa shape index (κ2) is 9.88. The zero-order chi connectivity index (χ0) is 23.5. The summed E-state index contributed by atoms with van der Waals surface area (Å²) in [4.78, 5) is 26.8. The van der Waals surface area contributed by atoms with Crippen LogP contribution in [0.1, 0.15) is 75.2 Å². The maximum Gasteiger partial charge on any atom is 0.317 e. The largest absolute Gasteiger partial charge is 0.353 e. The highest BCUT2D eigenvalue weighted by molar-refractivity contribution is 5.75. The predicted octanol–water partition coefficient (Wildman–Crippen LogP) is 4.83. The zero-order valence-electron chi connectivity index (χ0n) is 20.8. The number of anilines is 1. The van der Waals surface area contributed by atoms with Crippen LogP contribution in [0, 0.1) is 13.8 Å². The van der Waals surface area contributed by atoms with Crippen LogP contribution in [0.3, 0.4) is 0 Å². The lowest BCUT2D eigenvalue weighted by molar-refractivity contribution is 0.185. The molecule has 1 aliphatic heterocycles. The van der Waals surface area contributed by atoms with Crippen molar-refractivity contribution in [3.05, 3.63) is 52.5 Å². The Kier molecular flexibility index (Phi) is 7.42. The van der Waals surface area contributed by atoms with Crippen LogP contribution in [-0.4, -0.2) is 52.6 Å². The van der Waals surface area contributed by atoms with E-state index in [0.29, 0.717) is 19.0 Å². The highest BCUT2D eigenvalue weighted by Gasteiger charge is 2.27. The third-order valence-electron chi connectivity index (χ3n) is 6.11. The minimum Gasteiger partial charge on any atom is -0.353 e. The summed E-state index contributed by atoms with van der Waals surface area (Å²) in [5.41, 5.74) is 4.54. The molecular weight excluding hydrogens is 398 g/mol. The average molecular weight is 438 g/mol. The lowest BCUT2D eigenvalue weighted by Gasteiger charge is -2.38. The number of rotatable bonds is 5. The van der Waals surface area contributed by atoms with Crippen LogP contribution in [0.15, 0.2) is 24.3 Å². The Morgan fingerprint density at radius 2 is 1.69 bits per heavy atom. The number of aryl methyl sites for hydroxylation is 2. The lowest BCUT2D eigenvalue weighted by Crippen LogP contribution is -2.55. The van der Waals surface area contributed by atoms with Gasteiger partial charge in [-0.1, -0.05) is 43.7 Å². The van der Waals surface area contributed by atoms with Crippen molar-refractivity contribution in [1.29, 1.82) is 0 Å². The number of amides is 2. The Hall–Kier alpha value is -2.63. The van der Waals surface area contributed by atoms with Gasteiger partial charge in [0.25, 0.3) is 0 Å². The first-order chi connectivity index (χ1) is 15.1. The van der Waals surface area contributed by atoms with E-state index in [4.69, 9.17) is 9.97 Å². The molecule has 32 heavy (non-hydrogen) atoms. The van der Waals surface area contributed by atoms with E-state index >= 15 is 0 Å². The Labute approximate surface area is 193 Å². The number of carbonyl (C=O) groups excluding carboxylic acids is 1. The highest BCUT2D eigenvalue weighted by Crippen LogP contribution is 2.28. The molecule has 1 fully saturated rings. The second-order valence-corrected chi connectivity index (χ2v) is 10.1. The summed E-state index contributed by atoms with van der Waals surface area (Å²) < 4.78 is 0. The first kappa shape index (κ1) is 24.0. The van der Waals surface area contributed by atoms with E-state index in [1.807, 2.05) is 25.7 Å². The van der Waals surface area contributed by atoms with E-state index in [2.05, 4.69) is 62.2 Å². The maximum atomic E-state index is 12.6. The lowest BCUT2D eigenvalue weighted by atomic mass is 10.0. The van der Waals surface area contributed by atoms with Gasteiger partial charge in [-0.05, 0) is 46.6 Å². The van der Waals surface area contributed by atoms with E-state index < -0.39 is 0 Å². The van der Waals surface area contributed by atoms with E-state index in [9.17, 15) is 4.79 Å². The van der Waals surface area contributed by atoms with Crippen LogP contribution in [0.2, 0.25) is 0 Å². The molecule has 1 aromatic carbocycles. The quantitative estimate of drug-likeness (QED) is 0.728. The van der Waals surface area contributed by atoms with Crippen molar-refractivity contribution in [1.82, 2.24) is 20.2 Å². The van der Waals surface area contributed by atoms with Gasteiger partial charge in [-0.2, -0.15) is 0 Å². The number of carbonyl (C=O) groups is 1. The van der Waals surface area contributed by atoms with Gasteiger partial charge in [0.05, 0.1) is 0 Å². The van der Waals surface area contributed by atoms with Crippen molar-refractivity contribution in [3.63, 3.8) is 0 Å². The molecule has 6 nitrogen and oxygen atoms in total. The van der Waals surface area contributed by atoms with Crippen molar-refractivity contribution in [2.75, 3.05) is 31.1 Å². The van der Waals surface area contributed by atoms with Crippen molar-refractivity contribution >= 4 is 11.8 Å². The van der Waals surface area contributed by atoms with Crippen LogP contribution in [0.5, 0.6) is 0 Å². The Bertz CT molecular complexity index is 924. The first-order valence-electron chi connectivity index (χ1n) is 11.8. The Morgan fingerprint density at radius 3 is 2.25 bits per heavy atom. The molecule has 1 N–H and O–H groups in total. The number of hydrogen-bond donors (Lipinski definition) is 1. The summed E-state index contributed by atoms with van der Waals surface area (Å²) in [5.74, 6) is 2.27. The molecule has 2 heterocycles. The Balaban J connectivity index is 1.86. The van der Waals surface area contributed by atoms with E-state index in [-0.39, 0.29) is 11.6 Å². The molecule has 0 aliphatic carbocycles. The summed E-state index contributed by atoms with van der Waals surface area (Å²) in [6.45, 7) is 17.5. The van der Waals surface area contributed by atoms with Gasteiger partial charge in [0.1, 0.15) is 11.6 Å². The molecule has 6 heteroatoms. The fraction of sp³-hybridized carbons (Fsp3) is 0.577. The fourth-order valence-electron chi connectivity index (χ4n) is 3.90. The molecule has 2 amide bonds. The molecule has 3 rings (SSSR count). The number of hydrogen-bond acceptors (Lipinski definition) is 4. The maximum absolute atomic E-state index is 12.6. The normalized spacial score (nSPS) is 15.6. The molecule has 1 aromatic heterocycles. The third kappa shape index (κ3) is 5.99. The van der Waals surface area contributed by atoms with Gasteiger partial charge in [0, 0.05) is 55.3 Å². The van der Waals surface area contributed by atoms with Crippen LogP contribution < -0.4 is 10.2 Å². The molecule has 0 radical (unpaired) electrons. The summed E-state index contributed by atoms with van der Waals surface area (Å²) >= 11 is 0. The van der Waals surface area contributed by atoms with E-state index in [0.717, 1.165) is 43.3 Å². The van der Waals surface area contributed by atoms with Crippen molar-refractivity contribution < 1.29 is 4.79 Å². The van der Waals surface area contributed by atoms with Gasteiger partial charge in [0.2, 0.25) is 0 Å². The average Bonchev–Trinajstić information content (AvgIpc) is 2.74. The van der Waals surface area contributed by atoms with Crippen molar-refractivity contribution in [3.8, 4) is 0 Å². The molecule has 1 unspecified atom stereocenters. The minimum absolute atomic E-state index is 0.0104. The van der Waals surface area contributed by atoms with Crippen molar-refractivity contribution in [2.24, 2.45) is 0 Å². The van der Waals surface area contributed by atoms with Gasteiger partial charge in [0.15, 0.2) is 0 Å². The number of nitrogens with one attached hydrogen (secondary N) is 1. The minimum atomic E-state index is -0.232. The molecule has 174 valence electrons. The van der Waals surface area contributed by atoms with Gasteiger partial charge >= 0.3 is 6.03 Å². The van der Waals surface area contributed by atoms with Crippen LogP contribution >= 0.6 is 0 Å². The predicted molar refractivity (Wildman–Crippen MR) is 132 cm³/mol. The van der Waals surface area contributed by atoms with Gasteiger partial charge < -0.3 is 15.1 Å². The second-order valence-electron chi connectivity index (χ2n) is 10.1. The standard InChI is InChI=1S/C26H39N5O/c1-8-19(3)23-27-20(4)22(17-21-11-9-18(2)10-12-21)24(28-23)30-13-15-31(16-14-30)25(32)29-26(5,6)7/h9-12,19H,8,13-17H2,1-7H3,(H,29,32). The summed E-state index contributed by atoms with van der Waals surface area (Å²) in [6.07, 6.45) is 1.82. The molecule has 1 saturated heterocycles. The molecule has 0 bridgehead atoms. The molecule has 2 aromatic rings. The smallest absolute Gasteiger partial charge is 0.317 e.